The molecule has 152 valence electrons. The van der Waals surface area contributed by atoms with Crippen LogP contribution in [0.2, 0.25) is 0 Å². The molecule has 4 aromatic rings. The van der Waals surface area contributed by atoms with E-state index in [1.807, 2.05) is 24.3 Å². The molecule has 0 atom stereocenters. The SMILES string of the molecule is Bc1ccc(C(=C(c2ccc(OC)cc2)c2ccc(OC)cc2)c2ccccc2)cc1. The molecule has 0 aromatic heterocycles. The first-order valence-corrected chi connectivity index (χ1v) is 10.3. The van der Waals surface area contributed by atoms with E-state index in [-0.39, 0.29) is 0 Å². The van der Waals surface area contributed by atoms with Gasteiger partial charge in [-0.05, 0) is 57.7 Å². The van der Waals surface area contributed by atoms with Gasteiger partial charge in [0.05, 0.1) is 14.2 Å². The molecule has 0 radical (unpaired) electrons. The predicted molar refractivity (Wildman–Crippen MR) is 132 cm³/mol. The first kappa shape index (κ1) is 20.6. The zero-order valence-corrected chi connectivity index (χ0v) is 18.1. The molecule has 4 rings (SSSR count). The van der Waals surface area contributed by atoms with Crippen LogP contribution in [0, 0.1) is 0 Å². The normalized spacial score (nSPS) is 10.4. The second kappa shape index (κ2) is 9.40. The standard InChI is InChI=1S/C28H25BO2/c1-30-25-16-10-22(11-17-25)28(23-12-18-26(31-2)19-13-23)27(20-6-4-3-5-7-20)21-8-14-24(29)15-9-21/h3-19H,29H2,1-2H3. The molecule has 0 amide bonds. The molecule has 0 aliphatic rings. The average Bonchev–Trinajstić information content (AvgIpc) is 2.84. The Morgan fingerprint density at radius 1 is 0.484 bits per heavy atom. The number of hydrogen-bond donors (Lipinski definition) is 0. The molecule has 0 unspecified atom stereocenters. The van der Waals surface area contributed by atoms with E-state index in [0.29, 0.717) is 0 Å². The Kier molecular flexibility index (Phi) is 6.23. The molecule has 0 spiro atoms. The van der Waals surface area contributed by atoms with Gasteiger partial charge in [-0.1, -0.05) is 84.3 Å². The van der Waals surface area contributed by atoms with E-state index in [0.717, 1.165) is 22.6 Å². The maximum atomic E-state index is 5.40. The highest BCUT2D eigenvalue weighted by molar-refractivity contribution is 6.32. The molecule has 0 N–H and O–H groups in total. The van der Waals surface area contributed by atoms with Crippen LogP contribution in [0.25, 0.3) is 11.1 Å². The van der Waals surface area contributed by atoms with E-state index < -0.39 is 0 Å². The molecule has 0 aliphatic heterocycles. The van der Waals surface area contributed by atoms with Gasteiger partial charge in [0.2, 0.25) is 0 Å². The van der Waals surface area contributed by atoms with Crippen LogP contribution in [0.1, 0.15) is 22.3 Å². The summed E-state index contributed by atoms with van der Waals surface area (Å²) in [6.45, 7) is 0. The summed E-state index contributed by atoms with van der Waals surface area (Å²) in [4.78, 5) is 0. The van der Waals surface area contributed by atoms with Gasteiger partial charge < -0.3 is 9.47 Å². The van der Waals surface area contributed by atoms with Crippen LogP contribution in [0.4, 0.5) is 0 Å². The number of benzene rings is 4. The van der Waals surface area contributed by atoms with Crippen LogP contribution in [0.5, 0.6) is 11.5 Å². The van der Waals surface area contributed by atoms with Crippen molar-refractivity contribution in [2.45, 2.75) is 0 Å². The summed E-state index contributed by atoms with van der Waals surface area (Å²) in [5.74, 6) is 1.68. The summed E-state index contributed by atoms with van der Waals surface area (Å²) in [6, 6.07) is 35.8. The summed E-state index contributed by atoms with van der Waals surface area (Å²) < 4.78 is 10.8. The number of rotatable bonds is 6. The van der Waals surface area contributed by atoms with E-state index >= 15 is 0 Å². The highest BCUT2D eigenvalue weighted by Gasteiger charge is 2.16. The van der Waals surface area contributed by atoms with Crippen LogP contribution in [-0.4, -0.2) is 22.1 Å². The van der Waals surface area contributed by atoms with Crippen molar-refractivity contribution in [2.75, 3.05) is 14.2 Å². The molecule has 0 heterocycles. The molecule has 3 heteroatoms. The van der Waals surface area contributed by atoms with Gasteiger partial charge in [0.25, 0.3) is 0 Å². The average molecular weight is 404 g/mol. The minimum absolute atomic E-state index is 0.842. The lowest BCUT2D eigenvalue weighted by Crippen LogP contribution is -2.02. The van der Waals surface area contributed by atoms with Gasteiger partial charge in [-0.15, -0.1) is 0 Å². The van der Waals surface area contributed by atoms with Gasteiger partial charge in [-0.2, -0.15) is 0 Å². The molecule has 0 bridgehead atoms. The van der Waals surface area contributed by atoms with E-state index in [4.69, 9.17) is 9.47 Å². The third-order valence-corrected chi connectivity index (χ3v) is 5.41. The first-order valence-electron chi connectivity index (χ1n) is 10.3. The van der Waals surface area contributed by atoms with Crippen molar-refractivity contribution >= 4 is 24.5 Å². The molecule has 31 heavy (non-hydrogen) atoms. The topological polar surface area (TPSA) is 18.5 Å². The van der Waals surface area contributed by atoms with E-state index in [2.05, 4.69) is 86.7 Å². The minimum Gasteiger partial charge on any atom is -0.497 e. The summed E-state index contributed by atoms with van der Waals surface area (Å²) in [6.07, 6.45) is 0. The molecular weight excluding hydrogens is 379 g/mol. The molecule has 4 aromatic carbocycles. The monoisotopic (exact) mass is 404 g/mol. The van der Waals surface area contributed by atoms with Crippen molar-refractivity contribution in [3.63, 3.8) is 0 Å². The Balaban J connectivity index is 2.04. The highest BCUT2D eigenvalue weighted by atomic mass is 16.5. The van der Waals surface area contributed by atoms with Crippen molar-refractivity contribution in [3.05, 3.63) is 125 Å². The molecule has 2 nitrogen and oxygen atoms in total. The van der Waals surface area contributed by atoms with E-state index in [1.165, 1.54) is 27.7 Å². The zero-order valence-electron chi connectivity index (χ0n) is 18.1. The maximum absolute atomic E-state index is 5.40. The van der Waals surface area contributed by atoms with Gasteiger partial charge in [0.15, 0.2) is 0 Å². The number of ether oxygens (including phenoxy) is 2. The summed E-state index contributed by atoms with van der Waals surface area (Å²) in [5, 5.41) is 0. The van der Waals surface area contributed by atoms with Gasteiger partial charge in [-0.25, -0.2) is 0 Å². The van der Waals surface area contributed by atoms with Crippen LogP contribution < -0.4 is 14.9 Å². The van der Waals surface area contributed by atoms with Gasteiger partial charge in [0.1, 0.15) is 19.3 Å². The lowest BCUT2D eigenvalue weighted by atomic mass is 9.84. The van der Waals surface area contributed by atoms with Gasteiger partial charge in [0, 0.05) is 0 Å². The van der Waals surface area contributed by atoms with Crippen LogP contribution in [0.3, 0.4) is 0 Å². The number of methoxy groups -OCH3 is 2. The van der Waals surface area contributed by atoms with Crippen LogP contribution >= 0.6 is 0 Å². The largest absolute Gasteiger partial charge is 0.497 e. The zero-order chi connectivity index (χ0) is 21.6. The van der Waals surface area contributed by atoms with Crippen molar-refractivity contribution in [1.29, 1.82) is 0 Å². The van der Waals surface area contributed by atoms with Gasteiger partial charge in [-0.3, -0.25) is 0 Å². The van der Waals surface area contributed by atoms with E-state index in [1.54, 1.807) is 14.2 Å². The lowest BCUT2D eigenvalue weighted by Gasteiger charge is -2.19. The van der Waals surface area contributed by atoms with Crippen LogP contribution in [0.15, 0.2) is 103 Å². The molecular formula is C28H25BO2. The smallest absolute Gasteiger partial charge is 0.139 e. The Bertz CT molecular complexity index is 1110. The Morgan fingerprint density at radius 3 is 1.23 bits per heavy atom. The predicted octanol–water partition coefficient (Wildman–Crippen LogP) is 4.97. The third-order valence-electron chi connectivity index (χ3n) is 5.41. The van der Waals surface area contributed by atoms with Crippen molar-refractivity contribution < 1.29 is 9.47 Å². The maximum Gasteiger partial charge on any atom is 0.139 e. The van der Waals surface area contributed by atoms with Crippen LogP contribution in [-0.2, 0) is 0 Å². The quantitative estimate of drug-likeness (QED) is 0.334. The molecule has 0 saturated carbocycles. The Morgan fingerprint density at radius 2 is 0.839 bits per heavy atom. The minimum atomic E-state index is 0.842. The second-order valence-electron chi connectivity index (χ2n) is 7.44. The van der Waals surface area contributed by atoms with Crippen molar-refractivity contribution in [3.8, 4) is 11.5 Å². The molecule has 0 saturated heterocycles. The van der Waals surface area contributed by atoms with E-state index in [9.17, 15) is 0 Å². The van der Waals surface area contributed by atoms with Crippen molar-refractivity contribution in [1.82, 2.24) is 0 Å². The second-order valence-corrected chi connectivity index (χ2v) is 7.44. The highest BCUT2D eigenvalue weighted by Crippen LogP contribution is 2.37. The van der Waals surface area contributed by atoms with Crippen molar-refractivity contribution in [2.24, 2.45) is 0 Å². The third kappa shape index (κ3) is 4.56. The lowest BCUT2D eigenvalue weighted by molar-refractivity contribution is 0.414. The fourth-order valence-electron chi connectivity index (χ4n) is 3.75. The summed E-state index contributed by atoms with van der Waals surface area (Å²) in [5.41, 5.74) is 8.21. The molecule has 0 aliphatic carbocycles. The number of hydrogen-bond acceptors (Lipinski definition) is 2. The Hall–Kier alpha value is -3.72. The summed E-state index contributed by atoms with van der Waals surface area (Å²) in [7, 11) is 5.50. The summed E-state index contributed by atoms with van der Waals surface area (Å²) >= 11 is 0. The fourth-order valence-corrected chi connectivity index (χ4v) is 3.75. The van der Waals surface area contributed by atoms with Gasteiger partial charge >= 0.3 is 0 Å². The molecule has 0 fully saturated rings. The fraction of sp³-hybridized carbons (Fsp3) is 0.0714. The Labute approximate surface area is 185 Å². The first-order chi connectivity index (χ1) is 15.2.